The summed E-state index contributed by atoms with van der Waals surface area (Å²) in [6.45, 7) is 6.86. The van der Waals surface area contributed by atoms with Crippen molar-refractivity contribution in [1.82, 2.24) is 10.6 Å². The number of anilines is 1. The summed E-state index contributed by atoms with van der Waals surface area (Å²) in [5, 5.41) is 5.66. The number of nitrogens with one attached hydrogen (secondary N) is 2. The molecule has 1 aliphatic heterocycles. The van der Waals surface area contributed by atoms with Gasteiger partial charge in [0.2, 0.25) is 11.8 Å². The van der Waals surface area contributed by atoms with Gasteiger partial charge in [-0.3, -0.25) is 9.59 Å². The highest BCUT2D eigenvalue weighted by molar-refractivity contribution is 5.95. The Bertz CT molecular complexity index is 919. The normalized spacial score (nSPS) is 15.8. The molecule has 170 valence electrons. The smallest absolute Gasteiger partial charge is 0.244 e. The fraction of sp³-hybridized carbons (Fsp3) is 0.360. The van der Waals surface area contributed by atoms with Crippen molar-refractivity contribution in [3.05, 3.63) is 65.7 Å². The first-order valence-electron chi connectivity index (χ1n) is 10.8. The molecule has 0 aliphatic carbocycles. The summed E-state index contributed by atoms with van der Waals surface area (Å²) in [4.78, 5) is 27.0. The maximum atomic E-state index is 12.5. The highest BCUT2D eigenvalue weighted by Crippen LogP contribution is 2.20. The number of hydrogen-bond acceptors (Lipinski definition) is 5. The van der Waals surface area contributed by atoms with Crippen molar-refractivity contribution in [3.8, 4) is 5.75 Å². The van der Waals surface area contributed by atoms with E-state index >= 15 is 0 Å². The molecule has 2 atom stereocenters. The van der Waals surface area contributed by atoms with Crippen LogP contribution < -0.4 is 20.3 Å². The number of ether oxygens (including phenoxy) is 2. The maximum absolute atomic E-state index is 12.5. The minimum Gasteiger partial charge on any atom is -0.497 e. The molecule has 2 aromatic rings. The Morgan fingerprint density at radius 2 is 1.66 bits per heavy atom. The molecule has 3 rings (SSSR count). The highest BCUT2D eigenvalue weighted by Gasteiger charge is 2.18. The van der Waals surface area contributed by atoms with E-state index in [1.807, 2.05) is 43.3 Å². The first-order valence-corrected chi connectivity index (χ1v) is 10.8. The van der Waals surface area contributed by atoms with Gasteiger partial charge in [-0.05, 0) is 55.3 Å². The molecule has 1 heterocycles. The molecule has 1 fully saturated rings. The van der Waals surface area contributed by atoms with Crippen LogP contribution in [-0.2, 0) is 14.3 Å². The van der Waals surface area contributed by atoms with Crippen LogP contribution in [0.1, 0.15) is 31.0 Å². The monoisotopic (exact) mass is 437 g/mol. The van der Waals surface area contributed by atoms with Crippen molar-refractivity contribution < 1.29 is 19.1 Å². The standard InChI is InChI=1S/C25H31N3O4/c1-18(21-7-9-22(10-8-21)28-14-16-32-17-15-28)27-25(30)19(2)26-24(29)13-6-20-4-11-23(31-3)12-5-20/h4-13,18-19H,14-17H2,1-3H3,(H,26,29)(H,27,30)/b13-6+. The van der Waals surface area contributed by atoms with Crippen LogP contribution in [-0.4, -0.2) is 51.3 Å². The Balaban J connectivity index is 1.48. The largest absolute Gasteiger partial charge is 0.497 e. The van der Waals surface area contributed by atoms with Crippen molar-refractivity contribution in [3.63, 3.8) is 0 Å². The molecule has 0 radical (unpaired) electrons. The molecule has 7 nitrogen and oxygen atoms in total. The molecule has 2 N–H and O–H groups in total. The molecule has 0 bridgehead atoms. The van der Waals surface area contributed by atoms with Gasteiger partial charge in [0, 0.05) is 24.9 Å². The Morgan fingerprint density at radius 1 is 1.00 bits per heavy atom. The van der Waals surface area contributed by atoms with Crippen LogP contribution in [0.15, 0.2) is 54.6 Å². The second kappa shape index (κ2) is 11.3. The van der Waals surface area contributed by atoms with Gasteiger partial charge in [0.25, 0.3) is 0 Å². The quantitative estimate of drug-likeness (QED) is 0.621. The van der Waals surface area contributed by atoms with Crippen LogP contribution in [0.3, 0.4) is 0 Å². The van der Waals surface area contributed by atoms with Crippen molar-refractivity contribution >= 4 is 23.6 Å². The zero-order valence-electron chi connectivity index (χ0n) is 18.8. The Kier molecular flexibility index (Phi) is 8.27. The van der Waals surface area contributed by atoms with Gasteiger partial charge in [0.05, 0.1) is 26.4 Å². The first-order chi connectivity index (χ1) is 15.5. The summed E-state index contributed by atoms with van der Waals surface area (Å²) in [6, 6.07) is 14.7. The van der Waals surface area contributed by atoms with Crippen LogP contribution in [0.5, 0.6) is 5.75 Å². The molecule has 0 aromatic heterocycles. The lowest BCUT2D eigenvalue weighted by Crippen LogP contribution is -2.45. The van der Waals surface area contributed by atoms with E-state index in [1.54, 1.807) is 20.1 Å². The molecule has 1 aliphatic rings. The summed E-state index contributed by atoms with van der Waals surface area (Å²) in [7, 11) is 1.60. The average molecular weight is 438 g/mol. The number of morpholine rings is 1. The molecule has 2 aromatic carbocycles. The van der Waals surface area contributed by atoms with E-state index in [4.69, 9.17) is 9.47 Å². The maximum Gasteiger partial charge on any atom is 0.244 e. The van der Waals surface area contributed by atoms with E-state index in [1.165, 1.54) is 6.08 Å². The molecule has 32 heavy (non-hydrogen) atoms. The number of carbonyl (C=O) groups excluding carboxylic acids is 2. The molecule has 7 heteroatoms. The van der Waals surface area contributed by atoms with E-state index in [9.17, 15) is 9.59 Å². The summed E-state index contributed by atoms with van der Waals surface area (Å²) < 4.78 is 10.5. The Morgan fingerprint density at radius 3 is 2.28 bits per heavy atom. The lowest BCUT2D eigenvalue weighted by molar-refractivity contribution is -0.127. The molecular weight excluding hydrogens is 406 g/mol. The van der Waals surface area contributed by atoms with Gasteiger partial charge in [0.1, 0.15) is 11.8 Å². The Hall–Kier alpha value is -3.32. The molecule has 2 amide bonds. The van der Waals surface area contributed by atoms with Gasteiger partial charge in [-0.1, -0.05) is 24.3 Å². The zero-order valence-corrected chi connectivity index (χ0v) is 18.8. The van der Waals surface area contributed by atoms with Gasteiger partial charge in [-0.25, -0.2) is 0 Å². The first kappa shape index (κ1) is 23.3. The van der Waals surface area contributed by atoms with Crippen molar-refractivity contribution in [2.24, 2.45) is 0 Å². The topological polar surface area (TPSA) is 79.9 Å². The number of amides is 2. The summed E-state index contributed by atoms with van der Waals surface area (Å²) in [5.74, 6) is 0.189. The number of carbonyl (C=O) groups is 2. The third-order valence-electron chi connectivity index (χ3n) is 5.42. The van der Waals surface area contributed by atoms with Crippen LogP contribution in [0.2, 0.25) is 0 Å². The molecule has 1 saturated heterocycles. The molecule has 2 unspecified atom stereocenters. The second-order valence-electron chi connectivity index (χ2n) is 7.76. The van der Waals surface area contributed by atoms with Gasteiger partial charge < -0.3 is 25.0 Å². The van der Waals surface area contributed by atoms with E-state index in [2.05, 4.69) is 27.7 Å². The van der Waals surface area contributed by atoms with E-state index in [0.29, 0.717) is 0 Å². The fourth-order valence-corrected chi connectivity index (χ4v) is 3.43. The van der Waals surface area contributed by atoms with Crippen LogP contribution >= 0.6 is 0 Å². The number of rotatable bonds is 8. The van der Waals surface area contributed by atoms with E-state index in [0.717, 1.165) is 48.9 Å². The number of methoxy groups -OCH3 is 1. The van der Waals surface area contributed by atoms with Crippen molar-refractivity contribution in [1.29, 1.82) is 0 Å². The van der Waals surface area contributed by atoms with Gasteiger partial charge in [-0.2, -0.15) is 0 Å². The molecule has 0 saturated carbocycles. The highest BCUT2D eigenvalue weighted by atomic mass is 16.5. The van der Waals surface area contributed by atoms with E-state index < -0.39 is 6.04 Å². The van der Waals surface area contributed by atoms with E-state index in [-0.39, 0.29) is 17.9 Å². The van der Waals surface area contributed by atoms with Crippen molar-refractivity contribution in [2.75, 3.05) is 38.3 Å². The predicted octanol–water partition coefficient (Wildman–Crippen LogP) is 2.93. The second-order valence-corrected chi connectivity index (χ2v) is 7.76. The van der Waals surface area contributed by atoms with Crippen LogP contribution in [0.4, 0.5) is 5.69 Å². The minimum atomic E-state index is -0.655. The minimum absolute atomic E-state index is 0.171. The lowest BCUT2D eigenvalue weighted by Gasteiger charge is -2.29. The lowest BCUT2D eigenvalue weighted by atomic mass is 10.1. The van der Waals surface area contributed by atoms with Gasteiger partial charge in [-0.15, -0.1) is 0 Å². The average Bonchev–Trinajstić information content (AvgIpc) is 2.83. The van der Waals surface area contributed by atoms with Crippen molar-refractivity contribution in [2.45, 2.75) is 25.9 Å². The number of hydrogen-bond donors (Lipinski definition) is 2. The third kappa shape index (κ3) is 6.59. The molecule has 0 spiro atoms. The third-order valence-corrected chi connectivity index (χ3v) is 5.42. The zero-order chi connectivity index (χ0) is 22.9. The fourth-order valence-electron chi connectivity index (χ4n) is 3.43. The van der Waals surface area contributed by atoms with Gasteiger partial charge in [0.15, 0.2) is 0 Å². The summed E-state index contributed by atoms with van der Waals surface area (Å²) in [5.41, 5.74) is 3.03. The Labute approximate surface area is 189 Å². The summed E-state index contributed by atoms with van der Waals surface area (Å²) >= 11 is 0. The SMILES string of the molecule is COc1ccc(/C=C/C(=O)NC(C)C(=O)NC(C)c2ccc(N3CCOCC3)cc2)cc1. The predicted molar refractivity (Wildman–Crippen MR) is 126 cm³/mol. The van der Waals surface area contributed by atoms with Crippen LogP contribution in [0, 0.1) is 0 Å². The van der Waals surface area contributed by atoms with Gasteiger partial charge >= 0.3 is 0 Å². The molecular formula is C25H31N3O4. The summed E-state index contributed by atoms with van der Waals surface area (Å²) in [6.07, 6.45) is 3.11. The number of benzene rings is 2. The number of nitrogens with zero attached hydrogens (tertiary/aromatic N) is 1. The van der Waals surface area contributed by atoms with Crippen LogP contribution in [0.25, 0.3) is 6.08 Å².